The second kappa shape index (κ2) is 16.5. The number of aliphatic hydroxyl groups is 1. The molecule has 0 fully saturated rings. The Morgan fingerprint density at radius 3 is 2.60 bits per heavy atom. The lowest BCUT2D eigenvalue weighted by Crippen LogP contribution is -2.45. The molecule has 4 N–H and O–H groups in total. The largest absolute Gasteiger partial charge is 0.490 e. The minimum absolute atomic E-state index is 0.00508. The van der Waals surface area contributed by atoms with Gasteiger partial charge in [0.15, 0.2) is 17.7 Å². The summed E-state index contributed by atoms with van der Waals surface area (Å²) < 4.78 is 22.4. The van der Waals surface area contributed by atoms with Crippen LogP contribution in [-0.2, 0) is 16.1 Å². The molecule has 0 aliphatic carbocycles. The molecule has 3 aromatic carbocycles. The Kier molecular flexibility index (Phi) is 12.5. The molecule has 1 aliphatic rings. The first-order chi connectivity index (χ1) is 22.9. The molecule has 0 aromatic heterocycles. The highest BCUT2D eigenvalue weighted by molar-refractivity contribution is 9.10. The summed E-state index contributed by atoms with van der Waals surface area (Å²) in [5.41, 5.74) is 4.31. The van der Waals surface area contributed by atoms with E-state index in [4.69, 9.17) is 42.1 Å². The van der Waals surface area contributed by atoms with Crippen molar-refractivity contribution in [2.45, 2.75) is 32.7 Å². The lowest BCUT2D eigenvalue weighted by atomic mass is 9.95. The molecule has 48 heavy (non-hydrogen) atoms. The van der Waals surface area contributed by atoms with Gasteiger partial charge in [0.2, 0.25) is 5.75 Å². The number of hydrazone groups is 1. The summed E-state index contributed by atoms with van der Waals surface area (Å²) in [5, 5.41) is 32.2. The van der Waals surface area contributed by atoms with Crippen molar-refractivity contribution in [3.05, 3.63) is 101 Å². The smallest absolute Gasteiger partial charge is 0.337 e. The fourth-order valence-corrected chi connectivity index (χ4v) is 5.46. The lowest BCUT2D eigenvalue weighted by Gasteiger charge is -2.28. The van der Waals surface area contributed by atoms with Gasteiger partial charge < -0.3 is 34.7 Å². The molecular weight excluding hydrogens is 737 g/mol. The molecule has 14 nitrogen and oxygen atoms in total. The molecule has 0 radical (unpaired) electrons. The number of carbonyl (C=O) groups is 2. The van der Waals surface area contributed by atoms with Gasteiger partial charge in [0.05, 0.1) is 51.0 Å². The molecule has 2 amide bonds. The lowest BCUT2D eigenvalue weighted by molar-refractivity contribution is -0.386. The molecule has 17 heteroatoms. The zero-order valence-electron chi connectivity index (χ0n) is 25.7. The number of carbonyl (C=O) groups excluding carboxylic acids is 2. The number of urea groups is 1. The maximum Gasteiger partial charge on any atom is 0.337 e. The summed E-state index contributed by atoms with van der Waals surface area (Å²) in [4.78, 5) is 35.8. The van der Waals surface area contributed by atoms with Crippen molar-refractivity contribution >= 4 is 63.0 Å². The summed E-state index contributed by atoms with van der Waals surface area (Å²) in [6.07, 6.45) is -0.00543. The van der Waals surface area contributed by atoms with Crippen LogP contribution in [0, 0.1) is 10.1 Å². The van der Waals surface area contributed by atoms with E-state index in [0.717, 1.165) is 0 Å². The number of nitrogens with one attached hydrogen (secondary N) is 3. The Balaban J connectivity index is 1.41. The Labute approximate surface area is 293 Å². The average molecular weight is 767 g/mol. The van der Waals surface area contributed by atoms with Crippen LogP contribution in [0.5, 0.6) is 17.2 Å². The first kappa shape index (κ1) is 36.3. The van der Waals surface area contributed by atoms with Crippen LogP contribution < -0.4 is 30.3 Å². The quantitative estimate of drug-likeness (QED) is 0.0517. The minimum atomic E-state index is -1.29. The molecular formula is C31H30BrCl2N5O9. The van der Waals surface area contributed by atoms with Gasteiger partial charge in [0, 0.05) is 17.3 Å². The summed E-state index contributed by atoms with van der Waals surface area (Å²) in [6, 6.07) is 11.3. The summed E-state index contributed by atoms with van der Waals surface area (Å²) in [5.74, 6) is -0.0128. The number of esters is 1. The van der Waals surface area contributed by atoms with Gasteiger partial charge in [0.1, 0.15) is 13.2 Å². The van der Waals surface area contributed by atoms with Crippen LogP contribution in [0.1, 0.15) is 36.6 Å². The van der Waals surface area contributed by atoms with Gasteiger partial charge in [0.25, 0.3) is 0 Å². The number of allylic oxidation sites excluding steroid dienone is 1. The third-order valence-corrected chi connectivity index (χ3v) is 8.05. The Bertz CT molecular complexity index is 1770. The number of nitrogens with zero attached hydrogens (tertiary/aromatic N) is 2. The van der Waals surface area contributed by atoms with Crippen LogP contribution in [-0.4, -0.2) is 54.8 Å². The van der Waals surface area contributed by atoms with Gasteiger partial charge in [-0.15, -0.1) is 0 Å². The highest BCUT2D eigenvalue weighted by Crippen LogP contribution is 2.37. The van der Waals surface area contributed by atoms with E-state index < -0.39 is 29.2 Å². The Morgan fingerprint density at radius 2 is 1.92 bits per heavy atom. The normalized spacial score (nSPS) is 15.0. The van der Waals surface area contributed by atoms with Gasteiger partial charge in [-0.1, -0.05) is 35.3 Å². The molecule has 0 bridgehead atoms. The number of nitro benzene ring substituents is 1. The van der Waals surface area contributed by atoms with Crippen LogP contribution >= 0.6 is 39.1 Å². The number of ether oxygens (including phenoxy) is 4. The number of aliphatic hydroxyl groups excluding tert-OH is 1. The number of hydrogen-bond donors (Lipinski definition) is 4. The van der Waals surface area contributed by atoms with Crippen LogP contribution in [0.25, 0.3) is 0 Å². The van der Waals surface area contributed by atoms with Crippen molar-refractivity contribution < 1.29 is 38.6 Å². The predicted octanol–water partition coefficient (Wildman–Crippen LogP) is 5.76. The van der Waals surface area contributed by atoms with Gasteiger partial charge >= 0.3 is 17.7 Å². The minimum Gasteiger partial charge on any atom is -0.490 e. The van der Waals surface area contributed by atoms with Gasteiger partial charge in [-0.3, -0.25) is 15.5 Å². The number of halogens is 3. The standard InChI is InChI=1S/C31H30BrCl2N5O9/c1-4-46-25-12-19(28-27(30(41)45-3)16(2)36-31(42)37-28)6-8-24(25)47-15-26(40)38-35-13-18-9-20(32)29(23(11-18)39(43)44)48-14-17-5-7-21(33)22(34)10-17/h5-13,26,28,38,40H,4,14-15H2,1-3H3,(H2,36,37,42)/b35-13+/t26-,28+/m0/s1. The van der Waals surface area contributed by atoms with E-state index in [9.17, 15) is 24.8 Å². The fourth-order valence-electron chi connectivity index (χ4n) is 4.56. The summed E-state index contributed by atoms with van der Waals surface area (Å²) in [6.45, 7) is 3.39. The van der Waals surface area contributed by atoms with Crippen molar-refractivity contribution in [1.82, 2.24) is 16.1 Å². The number of amides is 2. The second-order valence-electron chi connectivity index (χ2n) is 10.1. The molecule has 1 heterocycles. The topological polar surface area (TPSA) is 183 Å². The zero-order valence-corrected chi connectivity index (χ0v) is 28.8. The predicted molar refractivity (Wildman–Crippen MR) is 181 cm³/mol. The number of benzene rings is 3. The van der Waals surface area contributed by atoms with Crippen LogP contribution in [0.2, 0.25) is 10.0 Å². The van der Waals surface area contributed by atoms with Crippen LogP contribution in [0.4, 0.5) is 10.5 Å². The van der Waals surface area contributed by atoms with Crippen LogP contribution in [0.15, 0.2) is 69.4 Å². The molecule has 3 aromatic rings. The second-order valence-corrected chi connectivity index (χ2v) is 11.7. The Hall–Kier alpha value is -4.57. The number of hydrogen-bond acceptors (Lipinski definition) is 11. The summed E-state index contributed by atoms with van der Waals surface area (Å²) in [7, 11) is 1.25. The Morgan fingerprint density at radius 1 is 1.15 bits per heavy atom. The van der Waals surface area contributed by atoms with Gasteiger partial charge in [-0.2, -0.15) is 5.10 Å². The average Bonchev–Trinajstić information content (AvgIpc) is 3.04. The van der Waals surface area contributed by atoms with E-state index in [1.54, 1.807) is 56.3 Å². The maximum atomic E-state index is 12.5. The van der Waals surface area contributed by atoms with Crippen molar-refractivity contribution in [1.29, 1.82) is 0 Å². The SMILES string of the molecule is CCOc1cc([C@H]2NC(=O)NC(C)=C2C(=O)OC)ccc1OC[C@H](O)N/N=C/c1cc(Br)c(OCc2ccc(Cl)c(Cl)c2)c([N+](=O)[O-])c1. The first-order valence-electron chi connectivity index (χ1n) is 14.2. The number of methoxy groups -OCH3 is 1. The summed E-state index contributed by atoms with van der Waals surface area (Å²) >= 11 is 15.3. The molecule has 254 valence electrons. The van der Waals surface area contributed by atoms with Crippen molar-refractivity contribution in [2.75, 3.05) is 20.3 Å². The van der Waals surface area contributed by atoms with Gasteiger partial charge in [-0.05, 0) is 71.2 Å². The third kappa shape index (κ3) is 9.07. The third-order valence-electron chi connectivity index (χ3n) is 6.72. The highest BCUT2D eigenvalue weighted by atomic mass is 79.9. The molecule has 0 saturated carbocycles. The number of rotatable bonds is 14. The molecule has 1 aliphatic heterocycles. The van der Waals surface area contributed by atoms with E-state index in [0.29, 0.717) is 42.7 Å². The molecule has 0 spiro atoms. The number of nitro groups is 1. The van der Waals surface area contributed by atoms with Crippen LogP contribution in [0.3, 0.4) is 0 Å². The van der Waals surface area contributed by atoms with Gasteiger partial charge in [-0.25, -0.2) is 9.59 Å². The highest BCUT2D eigenvalue weighted by Gasteiger charge is 2.32. The van der Waals surface area contributed by atoms with E-state index in [1.165, 1.54) is 19.4 Å². The maximum absolute atomic E-state index is 12.5. The van der Waals surface area contributed by atoms with Crippen molar-refractivity contribution in [3.8, 4) is 17.2 Å². The van der Waals surface area contributed by atoms with E-state index in [-0.39, 0.29) is 42.6 Å². The molecule has 0 unspecified atom stereocenters. The first-order valence-corrected chi connectivity index (χ1v) is 15.7. The molecule has 2 atom stereocenters. The fraction of sp³-hybridized carbons (Fsp3) is 0.258. The van der Waals surface area contributed by atoms with E-state index in [2.05, 4.69) is 37.1 Å². The van der Waals surface area contributed by atoms with E-state index >= 15 is 0 Å². The molecule has 0 saturated heterocycles. The van der Waals surface area contributed by atoms with E-state index in [1.807, 2.05) is 0 Å². The molecule has 4 rings (SSSR count). The zero-order chi connectivity index (χ0) is 35.0. The van der Waals surface area contributed by atoms with Crippen molar-refractivity contribution in [2.24, 2.45) is 5.10 Å². The van der Waals surface area contributed by atoms with Crippen molar-refractivity contribution in [3.63, 3.8) is 0 Å². The monoisotopic (exact) mass is 765 g/mol.